The summed E-state index contributed by atoms with van der Waals surface area (Å²) in [6.07, 6.45) is 1.30. The Kier molecular flexibility index (Phi) is 4.72. The molecule has 22 heavy (non-hydrogen) atoms. The lowest BCUT2D eigenvalue weighted by Crippen LogP contribution is -2.21. The molecule has 6 heteroatoms. The fourth-order valence-electron chi connectivity index (χ4n) is 1.69. The first kappa shape index (κ1) is 15.9. The Balaban J connectivity index is 2.43. The van der Waals surface area contributed by atoms with Gasteiger partial charge in [-0.05, 0) is 32.9 Å². The highest BCUT2D eigenvalue weighted by Gasteiger charge is 2.24. The number of aromatic nitrogens is 2. The molecule has 0 saturated carbocycles. The van der Waals surface area contributed by atoms with Gasteiger partial charge in [-0.3, -0.25) is 0 Å². The predicted octanol–water partition coefficient (Wildman–Crippen LogP) is 2.67. The van der Waals surface area contributed by atoms with Crippen molar-refractivity contribution in [1.82, 2.24) is 9.97 Å². The molecular formula is C16H18N2O4. The fraction of sp³-hybridized carbons (Fsp3) is 0.312. The van der Waals surface area contributed by atoms with E-state index in [1.807, 2.05) is 6.07 Å². The maximum atomic E-state index is 12.0. The number of ether oxygens (including phenoxy) is 2. The van der Waals surface area contributed by atoms with Gasteiger partial charge in [-0.25, -0.2) is 9.78 Å². The first-order valence-corrected chi connectivity index (χ1v) is 6.91. The second kappa shape index (κ2) is 6.53. The molecule has 0 aliphatic carbocycles. The molecule has 116 valence electrons. The van der Waals surface area contributed by atoms with E-state index >= 15 is 0 Å². The Hall–Kier alpha value is -2.47. The van der Waals surface area contributed by atoms with Crippen LogP contribution in [0.3, 0.4) is 0 Å². The summed E-state index contributed by atoms with van der Waals surface area (Å²) in [6, 6.07) is 8.93. The summed E-state index contributed by atoms with van der Waals surface area (Å²) in [6.45, 7) is 5.05. The summed E-state index contributed by atoms with van der Waals surface area (Å²) in [5.41, 5.74) is -1.14. The van der Waals surface area contributed by atoms with Crippen LogP contribution in [0.25, 0.3) is 0 Å². The van der Waals surface area contributed by atoms with Crippen LogP contribution < -0.4 is 4.74 Å². The first-order valence-electron chi connectivity index (χ1n) is 6.91. The van der Waals surface area contributed by atoms with Crippen LogP contribution in [-0.2, 0) is 10.3 Å². The molecule has 0 aliphatic rings. The predicted molar refractivity (Wildman–Crippen MR) is 79.7 cm³/mol. The summed E-state index contributed by atoms with van der Waals surface area (Å²) in [4.78, 5) is 20.1. The van der Waals surface area contributed by atoms with E-state index in [-0.39, 0.29) is 23.9 Å². The molecule has 0 atom stereocenters. The largest absolute Gasteiger partial charge is 0.462 e. The summed E-state index contributed by atoms with van der Waals surface area (Å²) >= 11 is 0. The monoisotopic (exact) mass is 302 g/mol. The van der Waals surface area contributed by atoms with Gasteiger partial charge in [-0.2, -0.15) is 4.98 Å². The molecular weight excluding hydrogens is 284 g/mol. The quantitative estimate of drug-likeness (QED) is 0.855. The van der Waals surface area contributed by atoms with Crippen molar-refractivity contribution in [3.63, 3.8) is 0 Å². The minimum atomic E-state index is -1.25. The number of hydrogen-bond acceptors (Lipinski definition) is 6. The van der Waals surface area contributed by atoms with Gasteiger partial charge < -0.3 is 14.6 Å². The van der Waals surface area contributed by atoms with Gasteiger partial charge >= 0.3 is 5.97 Å². The highest BCUT2D eigenvalue weighted by atomic mass is 16.5. The van der Waals surface area contributed by atoms with Crippen LogP contribution in [0.1, 0.15) is 37.0 Å². The zero-order valence-corrected chi connectivity index (χ0v) is 12.7. The molecule has 0 spiro atoms. The van der Waals surface area contributed by atoms with Crippen LogP contribution in [0.2, 0.25) is 0 Å². The summed E-state index contributed by atoms with van der Waals surface area (Å²) < 4.78 is 10.6. The van der Waals surface area contributed by atoms with E-state index in [0.29, 0.717) is 5.75 Å². The third-order valence-electron chi connectivity index (χ3n) is 2.75. The number of carbonyl (C=O) groups excluding carboxylic acids is 1. The fourth-order valence-corrected chi connectivity index (χ4v) is 1.69. The normalized spacial score (nSPS) is 11.1. The summed E-state index contributed by atoms with van der Waals surface area (Å²) in [7, 11) is 0. The number of carbonyl (C=O) groups is 1. The van der Waals surface area contributed by atoms with Gasteiger partial charge in [0.2, 0.25) is 5.88 Å². The first-order chi connectivity index (χ1) is 10.4. The lowest BCUT2D eigenvalue weighted by Gasteiger charge is -2.17. The lowest BCUT2D eigenvalue weighted by atomic mass is 10.1. The van der Waals surface area contributed by atoms with Crippen molar-refractivity contribution in [3.05, 3.63) is 47.9 Å². The Morgan fingerprint density at radius 1 is 1.27 bits per heavy atom. The van der Waals surface area contributed by atoms with Crippen molar-refractivity contribution < 1.29 is 19.4 Å². The molecule has 0 unspecified atom stereocenters. The average Bonchev–Trinajstić information content (AvgIpc) is 2.47. The molecule has 2 aromatic rings. The highest BCUT2D eigenvalue weighted by molar-refractivity contribution is 5.91. The standard InChI is InChI=1S/C16H18N2O4/c1-4-21-14(19)12-10-17-15(16(2,3)20)18-13(12)22-11-8-6-5-7-9-11/h5-10,20H,4H2,1-3H3. The van der Waals surface area contributed by atoms with Gasteiger partial charge in [0.25, 0.3) is 0 Å². The van der Waals surface area contributed by atoms with Crippen LogP contribution in [0, 0.1) is 0 Å². The minimum absolute atomic E-state index is 0.0526. The maximum absolute atomic E-state index is 12.0. The molecule has 1 heterocycles. The van der Waals surface area contributed by atoms with E-state index in [1.165, 1.54) is 6.20 Å². The van der Waals surface area contributed by atoms with E-state index in [4.69, 9.17) is 9.47 Å². The molecule has 1 N–H and O–H groups in total. The van der Waals surface area contributed by atoms with E-state index in [1.54, 1.807) is 45.0 Å². The SMILES string of the molecule is CCOC(=O)c1cnc(C(C)(C)O)nc1Oc1ccccc1. The number of aliphatic hydroxyl groups is 1. The van der Waals surface area contributed by atoms with E-state index in [9.17, 15) is 9.90 Å². The zero-order valence-electron chi connectivity index (χ0n) is 12.7. The number of esters is 1. The van der Waals surface area contributed by atoms with Gasteiger partial charge in [0, 0.05) is 6.20 Å². The second-order valence-corrected chi connectivity index (χ2v) is 5.11. The molecule has 2 rings (SSSR count). The number of hydrogen-bond donors (Lipinski definition) is 1. The van der Waals surface area contributed by atoms with Crippen molar-refractivity contribution in [2.24, 2.45) is 0 Å². The lowest BCUT2D eigenvalue weighted by molar-refractivity contribution is 0.0514. The van der Waals surface area contributed by atoms with Crippen LogP contribution in [-0.4, -0.2) is 27.7 Å². The molecule has 0 fully saturated rings. The van der Waals surface area contributed by atoms with Gasteiger partial charge in [-0.1, -0.05) is 18.2 Å². The van der Waals surface area contributed by atoms with Gasteiger partial charge in [0.15, 0.2) is 5.82 Å². The maximum Gasteiger partial charge on any atom is 0.345 e. The van der Waals surface area contributed by atoms with Crippen molar-refractivity contribution >= 4 is 5.97 Å². The Morgan fingerprint density at radius 3 is 2.55 bits per heavy atom. The molecule has 0 aliphatic heterocycles. The van der Waals surface area contributed by atoms with Crippen LogP contribution in [0.15, 0.2) is 36.5 Å². The Bertz CT molecular complexity index is 651. The van der Waals surface area contributed by atoms with Crippen molar-refractivity contribution in [1.29, 1.82) is 0 Å². The molecule has 1 aromatic heterocycles. The molecule has 6 nitrogen and oxygen atoms in total. The Morgan fingerprint density at radius 2 is 1.95 bits per heavy atom. The average molecular weight is 302 g/mol. The second-order valence-electron chi connectivity index (χ2n) is 5.11. The van der Waals surface area contributed by atoms with Crippen LogP contribution in [0.5, 0.6) is 11.6 Å². The number of nitrogens with zero attached hydrogens (tertiary/aromatic N) is 2. The van der Waals surface area contributed by atoms with Gasteiger partial charge in [-0.15, -0.1) is 0 Å². The number of rotatable bonds is 5. The minimum Gasteiger partial charge on any atom is -0.462 e. The van der Waals surface area contributed by atoms with E-state index in [2.05, 4.69) is 9.97 Å². The third-order valence-corrected chi connectivity index (χ3v) is 2.75. The van der Waals surface area contributed by atoms with E-state index < -0.39 is 11.6 Å². The smallest absolute Gasteiger partial charge is 0.345 e. The van der Waals surface area contributed by atoms with Crippen molar-refractivity contribution in [2.75, 3.05) is 6.61 Å². The number of para-hydroxylation sites is 1. The molecule has 0 radical (unpaired) electrons. The molecule has 1 aromatic carbocycles. The zero-order chi connectivity index (χ0) is 16.2. The van der Waals surface area contributed by atoms with E-state index in [0.717, 1.165) is 0 Å². The molecule has 0 amide bonds. The highest BCUT2D eigenvalue weighted by Crippen LogP contribution is 2.26. The van der Waals surface area contributed by atoms with Crippen LogP contribution in [0.4, 0.5) is 0 Å². The Labute approximate surface area is 128 Å². The summed E-state index contributed by atoms with van der Waals surface area (Å²) in [5, 5.41) is 10.0. The van der Waals surface area contributed by atoms with Gasteiger partial charge in [0.05, 0.1) is 6.61 Å². The van der Waals surface area contributed by atoms with Crippen LogP contribution >= 0.6 is 0 Å². The summed E-state index contributed by atoms with van der Waals surface area (Å²) in [5.74, 6) is 0.160. The topological polar surface area (TPSA) is 81.5 Å². The third kappa shape index (κ3) is 3.79. The molecule has 0 bridgehead atoms. The van der Waals surface area contributed by atoms with Gasteiger partial charge in [0.1, 0.15) is 16.9 Å². The van der Waals surface area contributed by atoms with Crippen molar-refractivity contribution in [3.8, 4) is 11.6 Å². The van der Waals surface area contributed by atoms with Crippen molar-refractivity contribution in [2.45, 2.75) is 26.4 Å². The number of benzene rings is 1. The molecule has 0 saturated heterocycles.